The second-order valence-corrected chi connectivity index (χ2v) is 8.69. The molecular formula is C18H18ClN5O2S2. The van der Waals surface area contributed by atoms with Crippen molar-refractivity contribution in [1.82, 2.24) is 16.2 Å². The van der Waals surface area contributed by atoms with E-state index in [1.807, 2.05) is 17.5 Å². The highest BCUT2D eigenvalue weighted by atomic mass is 35.5. The third kappa shape index (κ3) is 4.23. The maximum atomic E-state index is 13.0. The van der Waals surface area contributed by atoms with Gasteiger partial charge in [-0.3, -0.25) is 19.9 Å². The van der Waals surface area contributed by atoms with Gasteiger partial charge in [-0.25, -0.2) is 10.4 Å². The molecule has 3 heterocycles. The molecule has 2 aliphatic rings. The second kappa shape index (κ2) is 8.62. The summed E-state index contributed by atoms with van der Waals surface area (Å²) in [4.78, 5) is 32.6. The van der Waals surface area contributed by atoms with Gasteiger partial charge >= 0.3 is 0 Å². The first-order valence-electron chi connectivity index (χ1n) is 8.69. The van der Waals surface area contributed by atoms with Gasteiger partial charge < -0.3 is 5.32 Å². The number of carbonyl (C=O) groups excluding carboxylic acids is 2. The van der Waals surface area contributed by atoms with E-state index in [-0.39, 0.29) is 29.7 Å². The molecule has 0 bridgehead atoms. The van der Waals surface area contributed by atoms with Crippen LogP contribution in [0.25, 0.3) is 0 Å². The van der Waals surface area contributed by atoms with Gasteiger partial charge in [0.05, 0.1) is 23.9 Å². The van der Waals surface area contributed by atoms with Crippen LogP contribution in [0, 0.1) is 5.92 Å². The first-order chi connectivity index (χ1) is 13.6. The lowest BCUT2D eigenvalue weighted by atomic mass is 10.0. The molecule has 0 spiro atoms. The molecule has 0 saturated carbocycles. The number of nitrogens with one attached hydrogen (secondary N) is 3. The van der Waals surface area contributed by atoms with Gasteiger partial charge in [-0.1, -0.05) is 29.4 Å². The number of benzene rings is 1. The number of hydrogen-bond acceptors (Lipinski definition) is 7. The average molecular weight is 436 g/mol. The standard InChI is InChI=1S/C18H18ClN5O2S2/c19-11-3-5-12(6-4-11)24-17(26)14-9-21-23-16(14)22-18(24)28-10-15(25)20-8-13-2-1-7-27-13/h1-7,14,16,21,23H,8-10H2,(H,20,25). The summed E-state index contributed by atoms with van der Waals surface area (Å²) in [6.45, 7) is 1.01. The van der Waals surface area contributed by atoms with E-state index in [9.17, 15) is 9.59 Å². The van der Waals surface area contributed by atoms with Crippen LogP contribution in [-0.4, -0.2) is 35.4 Å². The Hall–Kier alpha value is -1.91. The fourth-order valence-corrected chi connectivity index (χ4v) is 4.62. The van der Waals surface area contributed by atoms with E-state index in [0.717, 1.165) is 4.88 Å². The molecule has 3 N–H and O–H groups in total. The van der Waals surface area contributed by atoms with Crippen molar-refractivity contribution in [2.75, 3.05) is 17.2 Å². The Bertz CT molecular complexity index is 888. The molecule has 2 unspecified atom stereocenters. The monoisotopic (exact) mass is 435 g/mol. The van der Waals surface area contributed by atoms with Crippen LogP contribution in [0.1, 0.15) is 4.88 Å². The number of fused-ring (bicyclic) bond motifs is 1. The molecular weight excluding hydrogens is 418 g/mol. The smallest absolute Gasteiger partial charge is 0.241 e. The number of carbonyl (C=O) groups is 2. The predicted molar refractivity (Wildman–Crippen MR) is 113 cm³/mol. The van der Waals surface area contributed by atoms with Crippen molar-refractivity contribution in [2.45, 2.75) is 12.7 Å². The van der Waals surface area contributed by atoms with Crippen LogP contribution < -0.4 is 21.1 Å². The van der Waals surface area contributed by atoms with Crippen LogP contribution in [-0.2, 0) is 16.1 Å². The predicted octanol–water partition coefficient (Wildman–Crippen LogP) is 2.20. The summed E-state index contributed by atoms with van der Waals surface area (Å²) in [6, 6.07) is 11.0. The summed E-state index contributed by atoms with van der Waals surface area (Å²) >= 11 is 8.83. The lowest BCUT2D eigenvalue weighted by molar-refractivity contribution is -0.121. The molecule has 0 radical (unpaired) electrons. The number of halogens is 1. The SMILES string of the molecule is O=C(CSC1=NC2NNCC2C(=O)N1c1ccc(Cl)cc1)NCc1cccs1. The van der Waals surface area contributed by atoms with E-state index < -0.39 is 0 Å². The van der Waals surface area contributed by atoms with Crippen LogP contribution in [0.5, 0.6) is 0 Å². The van der Waals surface area contributed by atoms with Crippen molar-refractivity contribution in [3.05, 3.63) is 51.7 Å². The lowest BCUT2D eigenvalue weighted by Crippen LogP contribution is -2.49. The number of hydrogen-bond donors (Lipinski definition) is 3. The normalized spacial score (nSPS) is 21.4. The van der Waals surface area contributed by atoms with Crippen molar-refractivity contribution in [2.24, 2.45) is 10.9 Å². The van der Waals surface area contributed by atoms with Crippen molar-refractivity contribution in [3.63, 3.8) is 0 Å². The largest absolute Gasteiger partial charge is 0.350 e. The molecule has 28 heavy (non-hydrogen) atoms. The fourth-order valence-electron chi connectivity index (χ4n) is 2.98. The summed E-state index contributed by atoms with van der Waals surface area (Å²) in [5, 5.41) is 5.95. The maximum absolute atomic E-state index is 13.0. The maximum Gasteiger partial charge on any atom is 0.241 e. The summed E-state index contributed by atoms with van der Waals surface area (Å²) in [6.07, 6.45) is -0.326. The highest BCUT2D eigenvalue weighted by molar-refractivity contribution is 8.14. The van der Waals surface area contributed by atoms with Gasteiger partial charge in [0.15, 0.2) is 5.17 Å². The summed E-state index contributed by atoms with van der Waals surface area (Å²) in [7, 11) is 0. The van der Waals surface area contributed by atoms with Gasteiger partial charge in [0.1, 0.15) is 6.17 Å². The van der Waals surface area contributed by atoms with Gasteiger partial charge in [-0.05, 0) is 35.7 Å². The van der Waals surface area contributed by atoms with Crippen LogP contribution in [0.4, 0.5) is 5.69 Å². The molecule has 2 aromatic rings. The number of thiophene rings is 1. The number of amidine groups is 1. The van der Waals surface area contributed by atoms with E-state index >= 15 is 0 Å². The third-order valence-electron chi connectivity index (χ3n) is 4.39. The van der Waals surface area contributed by atoms with Gasteiger partial charge in [-0.15, -0.1) is 11.3 Å². The fraction of sp³-hybridized carbons (Fsp3) is 0.278. The molecule has 1 saturated heterocycles. The Labute approximate surface area is 175 Å². The van der Waals surface area contributed by atoms with E-state index in [1.54, 1.807) is 40.5 Å². The van der Waals surface area contributed by atoms with Crippen molar-refractivity contribution >= 4 is 57.4 Å². The number of rotatable bonds is 5. The van der Waals surface area contributed by atoms with Gasteiger partial charge in [-0.2, -0.15) is 0 Å². The Morgan fingerprint density at radius 3 is 2.93 bits per heavy atom. The summed E-state index contributed by atoms with van der Waals surface area (Å²) in [5.74, 6) is -0.273. The molecule has 10 heteroatoms. The minimum atomic E-state index is -0.326. The van der Waals surface area contributed by atoms with E-state index in [4.69, 9.17) is 11.6 Å². The topological polar surface area (TPSA) is 85.8 Å². The van der Waals surface area contributed by atoms with E-state index in [2.05, 4.69) is 21.2 Å². The quantitative estimate of drug-likeness (QED) is 0.670. The first kappa shape index (κ1) is 19.4. The highest BCUT2D eigenvalue weighted by Crippen LogP contribution is 2.30. The first-order valence-corrected chi connectivity index (χ1v) is 10.9. The molecule has 1 fully saturated rings. The molecule has 1 aromatic carbocycles. The van der Waals surface area contributed by atoms with Crippen LogP contribution in [0.2, 0.25) is 5.02 Å². The zero-order chi connectivity index (χ0) is 19.5. The molecule has 2 amide bonds. The molecule has 2 aliphatic heterocycles. The molecule has 4 rings (SSSR count). The Balaban J connectivity index is 1.47. The molecule has 1 aromatic heterocycles. The van der Waals surface area contributed by atoms with Gasteiger partial charge in [0.25, 0.3) is 0 Å². The number of anilines is 1. The number of nitrogens with zero attached hydrogens (tertiary/aromatic N) is 2. The zero-order valence-electron chi connectivity index (χ0n) is 14.7. The molecule has 146 valence electrons. The minimum Gasteiger partial charge on any atom is -0.350 e. The van der Waals surface area contributed by atoms with Crippen molar-refractivity contribution in [1.29, 1.82) is 0 Å². The van der Waals surface area contributed by atoms with Crippen molar-refractivity contribution in [3.8, 4) is 0 Å². The lowest BCUT2D eigenvalue weighted by Gasteiger charge is -2.32. The second-order valence-electron chi connectivity index (χ2n) is 6.28. The van der Waals surface area contributed by atoms with E-state index in [0.29, 0.717) is 29.0 Å². The summed E-state index contributed by atoms with van der Waals surface area (Å²) in [5.41, 5.74) is 6.68. The Morgan fingerprint density at radius 2 is 2.18 bits per heavy atom. The zero-order valence-corrected chi connectivity index (χ0v) is 17.1. The van der Waals surface area contributed by atoms with Crippen LogP contribution >= 0.6 is 34.7 Å². The minimum absolute atomic E-state index is 0.0543. The van der Waals surface area contributed by atoms with Crippen molar-refractivity contribution < 1.29 is 9.59 Å². The third-order valence-corrected chi connectivity index (χ3v) is 6.47. The number of aliphatic imine (C=N–C) groups is 1. The molecule has 2 atom stereocenters. The summed E-state index contributed by atoms with van der Waals surface area (Å²) < 4.78 is 0. The van der Waals surface area contributed by atoms with Gasteiger partial charge in [0.2, 0.25) is 11.8 Å². The van der Waals surface area contributed by atoms with Gasteiger partial charge in [0, 0.05) is 16.4 Å². The highest BCUT2D eigenvalue weighted by Gasteiger charge is 2.42. The molecule has 7 nitrogen and oxygen atoms in total. The Kier molecular flexibility index (Phi) is 5.98. The Morgan fingerprint density at radius 1 is 1.36 bits per heavy atom. The number of amides is 2. The van der Waals surface area contributed by atoms with E-state index in [1.165, 1.54) is 11.8 Å². The average Bonchev–Trinajstić information content (AvgIpc) is 3.37. The van der Waals surface area contributed by atoms with Crippen LogP contribution in [0.3, 0.4) is 0 Å². The molecule has 0 aliphatic carbocycles. The van der Waals surface area contributed by atoms with Crippen LogP contribution in [0.15, 0.2) is 46.8 Å². The number of thioether (sulfide) groups is 1. The number of hydrazine groups is 1.